The Balaban J connectivity index is 0.00000264. The molecule has 0 saturated carbocycles. The molecule has 1 aliphatic rings. The summed E-state index contributed by atoms with van der Waals surface area (Å²) in [5.41, 5.74) is 5.95. The second-order valence-electron chi connectivity index (χ2n) is 5.87. The fraction of sp³-hybridized carbons (Fsp3) is 0.600. The van der Waals surface area contributed by atoms with Crippen molar-refractivity contribution in [1.82, 2.24) is 9.80 Å². The summed E-state index contributed by atoms with van der Waals surface area (Å²) in [4.78, 5) is 28.6. The molecule has 1 saturated heterocycles. The van der Waals surface area contributed by atoms with Gasteiger partial charge in [-0.3, -0.25) is 9.59 Å². The van der Waals surface area contributed by atoms with Crippen molar-refractivity contribution in [1.29, 1.82) is 0 Å². The lowest BCUT2D eigenvalue weighted by atomic mass is 9.92. The molecule has 2 N–H and O–H groups in total. The van der Waals surface area contributed by atoms with Crippen LogP contribution in [0.1, 0.15) is 29.4 Å². The van der Waals surface area contributed by atoms with Gasteiger partial charge in [0.05, 0.1) is 15.2 Å². The minimum absolute atomic E-state index is 0. The van der Waals surface area contributed by atoms with Gasteiger partial charge in [0.15, 0.2) is 0 Å². The molecule has 0 aromatic carbocycles. The number of likely N-dealkylation sites (N-methyl/N-ethyl adjacent to an activating group) is 1. The van der Waals surface area contributed by atoms with Gasteiger partial charge >= 0.3 is 0 Å². The summed E-state index contributed by atoms with van der Waals surface area (Å²) in [7, 11) is 1.67. The van der Waals surface area contributed by atoms with Crippen molar-refractivity contribution in [2.24, 2.45) is 11.7 Å². The number of thiophene rings is 1. The number of halogens is 2. The topological polar surface area (TPSA) is 66.6 Å². The number of carbonyl (C=O) groups is 2. The lowest BCUT2D eigenvalue weighted by molar-refractivity contribution is -0.133. The van der Waals surface area contributed by atoms with E-state index in [-0.39, 0.29) is 36.8 Å². The van der Waals surface area contributed by atoms with E-state index in [2.05, 4.69) is 15.9 Å². The van der Waals surface area contributed by atoms with Gasteiger partial charge in [-0.25, -0.2) is 0 Å². The second kappa shape index (κ2) is 9.01. The van der Waals surface area contributed by atoms with Crippen LogP contribution in [-0.2, 0) is 4.79 Å². The van der Waals surface area contributed by atoms with E-state index in [0.717, 1.165) is 23.2 Å². The molecule has 0 radical (unpaired) electrons. The summed E-state index contributed by atoms with van der Waals surface area (Å²) >= 11 is 4.72. The van der Waals surface area contributed by atoms with E-state index in [1.165, 1.54) is 16.2 Å². The smallest absolute Gasteiger partial charge is 0.264 e. The normalized spacial score (nSPS) is 19.0. The molecule has 0 spiro atoms. The zero-order valence-corrected chi connectivity index (χ0v) is 16.5. The van der Waals surface area contributed by atoms with Crippen LogP contribution in [0.2, 0.25) is 0 Å². The van der Waals surface area contributed by atoms with Gasteiger partial charge in [-0.1, -0.05) is 0 Å². The first-order valence-electron chi connectivity index (χ1n) is 7.42. The molecule has 1 aromatic rings. The van der Waals surface area contributed by atoms with Crippen molar-refractivity contribution >= 4 is 51.5 Å². The summed E-state index contributed by atoms with van der Waals surface area (Å²) in [6.45, 7) is 3.56. The van der Waals surface area contributed by atoms with Gasteiger partial charge in [0.2, 0.25) is 5.91 Å². The predicted octanol–water partition coefficient (Wildman–Crippen LogP) is 2.59. The van der Waals surface area contributed by atoms with Gasteiger partial charge in [0.25, 0.3) is 5.91 Å². The molecule has 0 aliphatic carbocycles. The molecule has 23 heavy (non-hydrogen) atoms. The third kappa shape index (κ3) is 5.45. The summed E-state index contributed by atoms with van der Waals surface area (Å²) in [5, 5.41) is 0. The molecule has 0 bridgehead atoms. The highest BCUT2D eigenvalue weighted by Crippen LogP contribution is 2.23. The number of nitrogens with two attached hydrogens (primary N) is 1. The van der Waals surface area contributed by atoms with Crippen molar-refractivity contribution in [2.75, 3.05) is 26.7 Å². The Kier molecular flexibility index (Phi) is 8.00. The molecule has 2 unspecified atom stereocenters. The quantitative estimate of drug-likeness (QED) is 0.808. The van der Waals surface area contributed by atoms with Crippen LogP contribution < -0.4 is 5.73 Å². The lowest BCUT2D eigenvalue weighted by Crippen LogP contribution is -2.48. The molecule has 1 fully saturated rings. The van der Waals surface area contributed by atoms with Crippen LogP contribution in [0.4, 0.5) is 0 Å². The molecule has 8 heteroatoms. The van der Waals surface area contributed by atoms with E-state index in [1.807, 2.05) is 17.9 Å². The average Bonchev–Trinajstić information content (AvgIpc) is 2.93. The Hall–Kier alpha value is -0.630. The SMILES string of the molecule is CC(N)C1CCCN(C(=O)CN(C)C(=O)c2ccc(Br)s2)C1.Cl. The molecular weight excluding hydrogens is 402 g/mol. The molecule has 5 nitrogen and oxygen atoms in total. The molecule has 1 aliphatic heterocycles. The van der Waals surface area contributed by atoms with Crippen LogP contribution in [0.25, 0.3) is 0 Å². The molecule has 1 aromatic heterocycles. The van der Waals surface area contributed by atoms with Crippen molar-refractivity contribution < 1.29 is 9.59 Å². The van der Waals surface area contributed by atoms with Crippen LogP contribution in [0.15, 0.2) is 15.9 Å². The number of carbonyl (C=O) groups excluding carboxylic acids is 2. The third-order valence-electron chi connectivity index (χ3n) is 4.06. The Morgan fingerprint density at radius 2 is 2.22 bits per heavy atom. The largest absolute Gasteiger partial charge is 0.341 e. The fourth-order valence-electron chi connectivity index (χ4n) is 2.66. The number of hydrogen-bond donors (Lipinski definition) is 1. The highest BCUT2D eigenvalue weighted by atomic mass is 79.9. The van der Waals surface area contributed by atoms with Crippen LogP contribution in [-0.4, -0.2) is 54.3 Å². The second-order valence-corrected chi connectivity index (χ2v) is 8.33. The van der Waals surface area contributed by atoms with Crippen LogP contribution in [0.5, 0.6) is 0 Å². The minimum Gasteiger partial charge on any atom is -0.341 e. The van der Waals surface area contributed by atoms with Crippen molar-refractivity contribution in [3.05, 3.63) is 20.8 Å². The van der Waals surface area contributed by atoms with Gasteiger partial charge in [0.1, 0.15) is 0 Å². The fourth-order valence-corrected chi connectivity index (χ4v) is 4.04. The van der Waals surface area contributed by atoms with Gasteiger partial charge in [-0.05, 0) is 53.7 Å². The Labute approximate surface area is 155 Å². The monoisotopic (exact) mass is 423 g/mol. The van der Waals surface area contributed by atoms with E-state index in [1.54, 1.807) is 13.1 Å². The Morgan fingerprint density at radius 1 is 1.52 bits per heavy atom. The Morgan fingerprint density at radius 3 is 2.78 bits per heavy atom. The van der Waals surface area contributed by atoms with Crippen molar-refractivity contribution in [3.8, 4) is 0 Å². The number of piperidine rings is 1. The highest BCUT2D eigenvalue weighted by Gasteiger charge is 2.27. The summed E-state index contributed by atoms with van der Waals surface area (Å²) in [6.07, 6.45) is 2.05. The van der Waals surface area contributed by atoms with Gasteiger partial charge < -0.3 is 15.5 Å². The summed E-state index contributed by atoms with van der Waals surface area (Å²) < 4.78 is 0.909. The molecule has 130 valence electrons. The number of likely N-dealkylation sites (tertiary alicyclic amines) is 1. The maximum absolute atomic E-state index is 12.4. The first kappa shape index (κ1) is 20.4. The summed E-state index contributed by atoms with van der Waals surface area (Å²) in [6, 6.07) is 3.70. The van der Waals surface area contributed by atoms with Crippen molar-refractivity contribution in [3.63, 3.8) is 0 Å². The zero-order chi connectivity index (χ0) is 16.3. The van der Waals surface area contributed by atoms with E-state index in [0.29, 0.717) is 17.3 Å². The standard InChI is InChI=1S/C15H22BrN3O2S.ClH/c1-10(17)11-4-3-7-19(8-11)14(20)9-18(2)15(21)12-5-6-13(16)22-12;/h5-6,10-11H,3-4,7-9,17H2,1-2H3;1H. The molecule has 2 atom stereocenters. The first-order chi connectivity index (χ1) is 10.4. The van der Waals surface area contributed by atoms with Crippen molar-refractivity contribution in [2.45, 2.75) is 25.8 Å². The molecule has 2 amide bonds. The zero-order valence-electron chi connectivity index (χ0n) is 13.3. The number of hydrogen-bond acceptors (Lipinski definition) is 4. The van der Waals surface area contributed by atoms with E-state index < -0.39 is 0 Å². The van der Waals surface area contributed by atoms with Crippen LogP contribution in [0, 0.1) is 5.92 Å². The number of amides is 2. The van der Waals surface area contributed by atoms with Crippen LogP contribution >= 0.6 is 39.7 Å². The van der Waals surface area contributed by atoms with Gasteiger partial charge in [-0.15, -0.1) is 23.7 Å². The predicted molar refractivity (Wildman–Crippen MR) is 99.2 cm³/mol. The Bertz CT molecular complexity index is 553. The maximum Gasteiger partial charge on any atom is 0.264 e. The van der Waals surface area contributed by atoms with Gasteiger partial charge in [0, 0.05) is 26.2 Å². The van der Waals surface area contributed by atoms with E-state index in [9.17, 15) is 9.59 Å². The number of nitrogens with zero attached hydrogens (tertiary/aromatic N) is 2. The maximum atomic E-state index is 12.4. The average molecular weight is 425 g/mol. The highest BCUT2D eigenvalue weighted by molar-refractivity contribution is 9.11. The first-order valence-corrected chi connectivity index (χ1v) is 9.03. The number of rotatable bonds is 4. The third-order valence-corrected chi connectivity index (χ3v) is 5.67. The van der Waals surface area contributed by atoms with E-state index in [4.69, 9.17) is 5.73 Å². The lowest BCUT2D eigenvalue weighted by Gasteiger charge is -2.35. The minimum atomic E-state index is -0.121. The van der Waals surface area contributed by atoms with Crippen LogP contribution in [0.3, 0.4) is 0 Å². The molecule has 2 rings (SSSR count). The molecular formula is C15H23BrClN3O2S. The van der Waals surface area contributed by atoms with Gasteiger partial charge in [-0.2, -0.15) is 0 Å². The summed E-state index contributed by atoms with van der Waals surface area (Å²) in [5.74, 6) is 0.230. The molecule has 2 heterocycles. The van der Waals surface area contributed by atoms with E-state index >= 15 is 0 Å².